The van der Waals surface area contributed by atoms with E-state index in [1.807, 2.05) is 30.3 Å². The standard InChI is InChI=1S/C15H15Cl2N3O3/c1-9(18-10(2)21)14(22)23-8-12-13(16)19-15(17)20(12)11-6-4-3-5-7-11/h3-7,9H,8H2,1-2H3,(H,18,21)/t9-/m0/s1. The molecule has 0 aliphatic carbocycles. The van der Waals surface area contributed by atoms with Crippen LogP contribution in [0.25, 0.3) is 5.69 Å². The third kappa shape index (κ3) is 4.24. The highest BCUT2D eigenvalue weighted by molar-refractivity contribution is 6.33. The molecule has 2 rings (SSSR count). The lowest BCUT2D eigenvalue weighted by Gasteiger charge is -2.13. The van der Waals surface area contributed by atoms with Crippen molar-refractivity contribution in [1.82, 2.24) is 14.9 Å². The summed E-state index contributed by atoms with van der Waals surface area (Å²) in [4.78, 5) is 26.8. The predicted molar refractivity (Wildman–Crippen MR) is 86.7 cm³/mol. The van der Waals surface area contributed by atoms with Gasteiger partial charge in [-0.15, -0.1) is 0 Å². The molecule has 122 valence electrons. The van der Waals surface area contributed by atoms with Gasteiger partial charge in [-0.2, -0.15) is 0 Å². The zero-order chi connectivity index (χ0) is 17.0. The van der Waals surface area contributed by atoms with E-state index in [1.165, 1.54) is 13.8 Å². The number of carbonyl (C=O) groups is 2. The van der Waals surface area contributed by atoms with Gasteiger partial charge >= 0.3 is 5.97 Å². The first-order chi connectivity index (χ1) is 10.9. The number of halogens is 2. The number of rotatable bonds is 5. The molecule has 0 radical (unpaired) electrons. The first-order valence-electron chi connectivity index (χ1n) is 6.82. The fourth-order valence-electron chi connectivity index (χ4n) is 1.99. The summed E-state index contributed by atoms with van der Waals surface area (Å²) in [5.74, 6) is -0.891. The number of ether oxygens (including phenoxy) is 1. The minimum Gasteiger partial charge on any atom is -0.458 e. The molecule has 0 bridgehead atoms. The second-order valence-corrected chi connectivity index (χ2v) is 5.52. The molecule has 0 aliphatic heterocycles. The van der Waals surface area contributed by atoms with Crippen LogP contribution in [0.5, 0.6) is 0 Å². The van der Waals surface area contributed by atoms with Crippen molar-refractivity contribution in [3.8, 4) is 5.69 Å². The summed E-state index contributed by atoms with van der Waals surface area (Å²) in [6, 6.07) is 8.45. The Bertz CT molecular complexity index is 716. The number of imidazole rings is 1. The lowest BCUT2D eigenvalue weighted by Crippen LogP contribution is -2.38. The number of para-hydroxylation sites is 1. The zero-order valence-electron chi connectivity index (χ0n) is 12.5. The molecule has 0 unspecified atom stereocenters. The summed E-state index contributed by atoms with van der Waals surface area (Å²) in [5.41, 5.74) is 1.20. The number of hydrogen-bond acceptors (Lipinski definition) is 4. The molecule has 0 spiro atoms. The number of hydrogen-bond donors (Lipinski definition) is 1. The summed E-state index contributed by atoms with van der Waals surface area (Å²) < 4.78 is 6.79. The van der Waals surface area contributed by atoms with Crippen LogP contribution in [-0.4, -0.2) is 27.5 Å². The molecule has 0 aliphatic rings. The maximum atomic E-state index is 11.9. The Hall–Kier alpha value is -2.05. The van der Waals surface area contributed by atoms with Crippen molar-refractivity contribution >= 4 is 35.1 Å². The van der Waals surface area contributed by atoms with Crippen LogP contribution in [0, 0.1) is 0 Å². The van der Waals surface area contributed by atoms with Gasteiger partial charge < -0.3 is 10.1 Å². The molecule has 1 aromatic heterocycles. The molecule has 0 fully saturated rings. The Morgan fingerprint density at radius 3 is 2.57 bits per heavy atom. The number of carbonyl (C=O) groups excluding carboxylic acids is 2. The summed E-state index contributed by atoms with van der Waals surface area (Å²) in [6.07, 6.45) is 0. The van der Waals surface area contributed by atoms with Crippen LogP contribution in [-0.2, 0) is 20.9 Å². The summed E-state index contributed by atoms with van der Waals surface area (Å²) in [5, 5.41) is 2.77. The largest absolute Gasteiger partial charge is 0.458 e. The van der Waals surface area contributed by atoms with E-state index < -0.39 is 12.0 Å². The molecular weight excluding hydrogens is 341 g/mol. The van der Waals surface area contributed by atoms with E-state index in [-0.39, 0.29) is 23.0 Å². The molecule has 1 heterocycles. The number of nitrogens with zero attached hydrogens (tertiary/aromatic N) is 2. The van der Waals surface area contributed by atoms with E-state index in [1.54, 1.807) is 4.57 Å². The molecule has 1 aromatic carbocycles. The average Bonchev–Trinajstić information content (AvgIpc) is 2.78. The second-order valence-electron chi connectivity index (χ2n) is 4.82. The molecule has 2 aromatic rings. The average molecular weight is 356 g/mol. The molecule has 6 nitrogen and oxygen atoms in total. The van der Waals surface area contributed by atoms with E-state index in [9.17, 15) is 9.59 Å². The Morgan fingerprint density at radius 1 is 1.30 bits per heavy atom. The van der Waals surface area contributed by atoms with Crippen LogP contribution < -0.4 is 5.32 Å². The number of benzene rings is 1. The minimum absolute atomic E-state index is 0.115. The number of nitrogens with one attached hydrogen (secondary N) is 1. The Morgan fingerprint density at radius 2 is 1.96 bits per heavy atom. The van der Waals surface area contributed by atoms with E-state index in [0.29, 0.717) is 5.69 Å². The molecule has 23 heavy (non-hydrogen) atoms. The molecule has 1 atom stereocenters. The van der Waals surface area contributed by atoms with Crippen LogP contribution in [0.3, 0.4) is 0 Å². The van der Waals surface area contributed by atoms with Gasteiger partial charge in [0.1, 0.15) is 18.3 Å². The van der Waals surface area contributed by atoms with Crippen LogP contribution in [0.1, 0.15) is 19.5 Å². The maximum Gasteiger partial charge on any atom is 0.328 e. The van der Waals surface area contributed by atoms with Gasteiger partial charge in [0.05, 0.1) is 0 Å². The topological polar surface area (TPSA) is 73.2 Å². The lowest BCUT2D eigenvalue weighted by molar-refractivity contribution is -0.148. The van der Waals surface area contributed by atoms with Crippen molar-refractivity contribution in [1.29, 1.82) is 0 Å². The van der Waals surface area contributed by atoms with Crippen LogP contribution in [0.15, 0.2) is 30.3 Å². The summed E-state index contributed by atoms with van der Waals surface area (Å²) in [7, 11) is 0. The van der Waals surface area contributed by atoms with E-state index in [4.69, 9.17) is 27.9 Å². The monoisotopic (exact) mass is 355 g/mol. The van der Waals surface area contributed by atoms with Gasteiger partial charge in [0.2, 0.25) is 11.2 Å². The fraction of sp³-hybridized carbons (Fsp3) is 0.267. The summed E-state index contributed by atoms with van der Waals surface area (Å²) >= 11 is 12.2. The molecule has 1 N–H and O–H groups in total. The van der Waals surface area contributed by atoms with E-state index in [2.05, 4.69) is 10.3 Å². The first kappa shape index (κ1) is 17.3. The molecule has 8 heteroatoms. The Kier molecular flexibility index (Phi) is 5.63. The first-order valence-corrected chi connectivity index (χ1v) is 7.57. The van der Waals surface area contributed by atoms with Crippen LogP contribution in [0.4, 0.5) is 0 Å². The highest BCUT2D eigenvalue weighted by Crippen LogP contribution is 2.26. The highest BCUT2D eigenvalue weighted by atomic mass is 35.5. The van der Waals surface area contributed by atoms with Gasteiger partial charge in [0.25, 0.3) is 0 Å². The predicted octanol–water partition coefficient (Wildman–Crippen LogP) is 2.75. The fourth-order valence-corrected chi connectivity index (χ4v) is 2.54. The Labute approximate surface area is 143 Å². The van der Waals surface area contributed by atoms with Crippen molar-refractivity contribution in [2.75, 3.05) is 0 Å². The van der Waals surface area contributed by atoms with Gasteiger partial charge in [-0.25, -0.2) is 9.78 Å². The molecule has 0 saturated heterocycles. The minimum atomic E-state index is -0.755. The van der Waals surface area contributed by atoms with E-state index in [0.717, 1.165) is 5.69 Å². The van der Waals surface area contributed by atoms with Crippen LogP contribution >= 0.6 is 23.2 Å². The van der Waals surface area contributed by atoms with Crippen molar-refractivity contribution in [2.45, 2.75) is 26.5 Å². The van der Waals surface area contributed by atoms with Gasteiger partial charge in [-0.1, -0.05) is 29.8 Å². The quantitative estimate of drug-likeness (QED) is 0.836. The van der Waals surface area contributed by atoms with Gasteiger partial charge in [0.15, 0.2) is 5.15 Å². The third-order valence-corrected chi connectivity index (χ3v) is 3.58. The smallest absolute Gasteiger partial charge is 0.328 e. The maximum absolute atomic E-state index is 11.9. The lowest BCUT2D eigenvalue weighted by atomic mass is 10.3. The van der Waals surface area contributed by atoms with Crippen LogP contribution in [0.2, 0.25) is 10.4 Å². The molecule has 1 amide bonds. The third-order valence-electron chi connectivity index (χ3n) is 3.02. The highest BCUT2D eigenvalue weighted by Gasteiger charge is 2.20. The molecular formula is C15H15Cl2N3O3. The second kappa shape index (κ2) is 7.48. The SMILES string of the molecule is CC(=O)N[C@@H](C)C(=O)OCc1c(Cl)nc(Cl)n1-c1ccccc1. The van der Waals surface area contributed by atoms with E-state index >= 15 is 0 Å². The van der Waals surface area contributed by atoms with Crippen molar-refractivity contribution in [2.24, 2.45) is 0 Å². The number of aromatic nitrogens is 2. The van der Waals surface area contributed by atoms with Crippen molar-refractivity contribution in [3.63, 3.8) is 0 Å². The van der Waals surface area contributed by atoms with Gasteiger partial charge in [-0.3, -0.25) is 9.36 Å². The molecule has 0 saturated carbocycles. The van der Waals surface area contributed by atoms with Gasteiger partial charge in [-0.05, 0) is 30.7 Å². The number of esters is 1. The van der Waals surface area contributed by atoms with Gasteiger partial charge in [0, 0.05) is 12.6 Å². The zero-order valence-corrected chi connectivity index (χ0v) is 14.1. The summed E-state index contributed by atoms with van der Waals surface area (Å²) in [6.45, 7) is 2.74. The number of amides is 1. The van der Waals surface area contributed by atoms with Crippen molar-refractivity contribution in [3.05, 3.63) is 46.5 Å². The Balaban J connectivity index is 2.18. The normalized spacial score (nSPS) is 11.8. The van der Waals surface area contributed by atoms with Crippen molar-refractivity contribution < 1.29 is 14.3 Å².